The molecular formula is C16H24N4O. The Balaban J connectivity index is 1.67. The number of nitrogens with zero attached hydrogens (tertiary/aromatic N) is 4. The zero-order chi connectivity index (χ0) is 14.7. The standard InChI is InChI=1S/C16H24N4O/c1-13-6-5-9-20(12-13)15-11-17-14(10-18-15)16(21)19-7-3-2-4-8-19/h10-11,13H,2-9,12H2,1H3. The van der Waals surface area contributed by atoms with Crippen LogP contribution < -0.4 is 4.90 Å². The quantitative estimate of drug-likeness (QED) is 0.838. The molecule has 0 spiro atoms. The van der Waals surface area contributed by atoms with Gasteiger partial charge in [-0.15, -0.1) is 0 Å². The van der Waals surface area contributed by atoms with Crippen LogP contribution in [-0.2, 0) is 0 Å². The summed E-state index contributed by atoms with van der Waals surface area (Å²) in [5.41, 5.74) is 0.478. The van der Waals surface area contributed by atoms with Crippen LogP contribution in [-0.4, -0.2) is 47.0 Å². The second-order valence-corrected chi connectivity index (χ2v) is 6.31. The van der Waals surface area contributed by atoms with Crippen LogP contribution in [0.15, 0.2) is 12.4 Å². The van der Waals surface area contributed by atoms with Crippen molar-refractivity contribution in [2.75, 3.05) is 31.1 Å². The average Bonchev–Trinajstić information content (AvgIpc) is 2.55. The molecule has 0 N–H and O–H groups in total. The Morgan fingerprint density at radius 3 is 2.57 bits per heavy atom. The van der Waals surface area contributed by atoms with Crippen molar-refractivity contribution in [2.45, 2.75) is 39.0 Å². The van der Waals surface area contributed by atoms with Gasteiger partial charge in [-0.2, -0.15) is 0 Å². The predicted octanol–water partition coefficient (Wildman–Crippen LogP) is 2.34. The van der Waals surface area contributed by atoms with E-state index in [-0.39, 0.29) is 5.91 Å². The summed E-state index contributed by atoms with van der Waals surface area (Å²) in [5.74, 6) is 1.63. The van der Waals surface area contributed by atoms with Crippen LogP contribution in [0.25, 0.3) is 0 Å². The zero-order valence-electron chi connectivity index (χ0n) is 12.8. The maximum absolute atomic E-state index is 12.3. The Morgan fingerprint density at radius 2 is 1.90 bits per heavy atom. The van der Waals surface area contributed by atoms with Crippen LogP contribution in [0.2, 0.25) is 0 Å². The topological polar surface area (TPSA) is 49.3 Å². The highest BCUT2D eigenvalue weighted by Crippen LogP contribution is 2.20. The molecule has 1 unspecified atom stereocenters. The first-order chi connectivity index (χ1) is 10.2. The molecule has 5 heteroatoms. The number of anilines is 1. The first-order valence-electron chi connectivity index (χ1n) is 8.10. The summed E-state index contributed by atoms with van der Waals surface area (Å²) >= 11 is 0. The molecule has 3 heterocycles. The third-order valence-electron chi connectivity index (χ3n) is 4.48. The van der Waals surface area contributed by atoms with Crippen molar-refractivity contribution in [2.24, 2.45) is 5.92 Å². The van der Waals surface area contributed by atoms with E-state index in [1.807, 2.05) is 4.90 Å². The number of hydrogen-bond acceptors (Lipinski definition) is 4. The molecule has 21 heavy (non-hydrogen) atoms. The number of hydrogen-bond donors (Lipinski definition) is 0. The third-order valence-corrected chi connectivity index (χ3v) is 4.48. The predicted molar refractivity (Wildman–Crippen MR) is 82.4 cm³/mol. The molecule has 3 rings (SSSR count). The molecule has 1 aromatic heterocycles. The van der Waals surface area contributed by atoms with Gasteiger partial charge in [0, 0.05) is 26.2 Å². The van der Waals surface area contributed by atoms with Crippen LogP contribution in [0.4, 0.5) is 5.82 Å². The molecule has 1 atom stereocenters. The van der Waals surface area contributed by atoms with Crippen molar-refractivity contribution in [3.05, 3.63) is 18.1 Å². The van der Waals surface area contributed by atoms with Gasteiger partial charge >= 0.3 is 0 Å². The Hall–Kier alpha value is -1.65. The van der Waals surface area contributed by atoms with Gasteiger partial charge in [-0.05, 0) is 38.0 Å². The zero-order valence-corrected chi connectivity index (χ0v) is 12.8. The van der Waals surface area contributed by atoms with Crippen LogP contribution in [0.1, 0.15) is 49.5 Å². The fourth-order valence-electron chi connectivity index (χ4n) is 3.25. The van der Waals surface area contributed by atoms with Crippen molar-refractivity contribution in [3.8, 4) is 0 Å². The molecular weight excluding hydrogens is 264 g/mol. The summed E-state index contributed by atoms with van der Waals surface area (Å²) < 4.78 is 0. The van der Waals surface area contributed by atoms with E-state index in [2.05, 4.69) is 21.8 Å². The summed E-state index contributed by atoms with van der Waals surface area (Å²) in [6.45, 7) is 6.05. The lowest BCUT2D eigenvalue weighted by atomic mass is 10.0. The Bertz CT molecular complexity index is 482. The molecule has 114 valence electrons. The second-order valence-electron chi connectivity index (χ2n) is 6.31. The fraction of sp³-hybridized carbons (Fsp3) is 0.688. The van der Waals surface area contributed by atoms with Crippen LogP contribution in [0, 0.1) is 5.92 Å². The fourth-order valence-corrected chi connectivity index (χ4v) is 3.25. The first kappa shape index (κ1) is 14.3. The molecule has 2 fully saturated rings. The molecule has 0 bridgehead atoms. The number of piperidine rings is 2. The third kappa shape index (κ3) is 3.34. The van der Waals surface area contributed by atoms with Crippen LogP contribution in [0.5, 0.6) is 0 Å². The number of amides is 1. The van der Waals surface area contributed by atoms with Crippen molar-refractivity contribution in [1.82, 2.24) is 14.9 Å². The highest BCUT2D eigenvalue weighted by molar-refractivity contribution is 5.92. The number of carbonyl (C=O) groups excluding carboxylic acids is 1. The Morgan fingerprint density at radius 1 is 1.10 bits per heavy atom. The van der Waals surface area contributed by atoms with E-state index in [0.717, 1.165) is 44.8 Å². The summed E-state index contributed by atoms with van der Waals surface area (Å²) in [5, 5.41) is 0. The van der Waals surface area contributed by atoms with Gasteiger partial charge in [0.25, 0.3) is 5.91 Å². The molecule has 1 amide bonds. The molecule has 2 saturated heterocycles. The molecule has 2 aliphatic heterocycles. The van der Waals surface area contributed by atoms with Crippen molar-refractivity contribution < 1.29 is 4.79 Å². The molecule has 0 saturated carbocycles. The number of aromatic nitrogens is 2. The molecule has 0 radical (unpaired) electrons. The van der Waals surface area contributed by atoms with Gasteiger partial charge in [0.05, 0.1) is 12.4 Å². The number of likely N-dealkylation sites (tertiary alicyclic amines) is 1. The minimum atomic E-state index is 0.0285. The van der Waals surface area contributed by atoms with Crippen molar-refractivity contribution in [1.29, 1.82) is 0 Å². The highest BCUT2D eigenvalue weighted by Gasteiger charge is 2.21. The minimum absolute atomic E-state index is 0.0285. The van der Waals surface area contributed by atoms with Crippen LogP contribution in [0.3, 0.4) is 0 Å². The van der Waals surface area contributed by atoms with Gasteiger partial charge in [-0.3, -0.25) is 4.79 Å². The lowest BCUT2D eigenvalue weighted by Crippen LogP contribution is -2.37. The van der Waals surface area contributed by atoms with E-state index < -0.39 is 0 Å². The largest absolute Gasteiger partial charge is 0.355 e. The van der Waals surface area contributed by atoms with Crippen LogP contribution >= 0.6 is 0 Å². The van der Waals surface area contributed by atoms with Crippen molar-refractivity contribution >= 4 is 11.7 Å². The summed E-state index contributed by atoms with van der Waals surface area (Å²) in [6, 6.07) is 0. The molecule has 5 nitrogen and oxygen atoms in total. The van der Waals surface area contributed by atoms with Gasteiger partial charge < -0.3 is 9.80 Å². The lowest BCUT2D eigenvalue weighted by molar-refractivity contribution is 0.0718. The van der Waals surface area contributed by atoms with Gasteiger partial charge in [0.1, 0.15) is 11.5 Å². The molecule has 0 aromatic carbocycles. The summed E-state index contributed by atoms with van der Waals surface area (Å²) in [4.78, 5) is 25.3. The van der Waals surface area contributed by atoms with Gasteiger partial charge in [0.2, 0.25) is 0 Å². The Labute approximate surface area is 126 Å². The Kier molecular flexibility index (Phi) is 4.36. The number of rotatable bonds is 2. The van der Waals surface area contributed by atoms with Crippen molar-refractivity contribution in [3.63, 3.8) is 0 Å². The second kappa shape index (κ2) is 6.41. The van der Waals surface area contributed by atoms with E-state index >= 15 is 0 Å². The first-order valence-corrected chi connectivity index (χ1v) is 8.10. The minimum Gasteiger partial charge on any atom is -0.355 e. The van der Waals surface area contributed by atoms with Gasteiger partial charge in [-0.25, -0.2) is 9.97 Å². The summed E-state index contributed by atoms with van der Waals surface area (Å²) in [7, 11) is 0. The van der Waals surface area contributed by atoms with Gasteiger partial charge in [-0.1, -0.05) is 6.92 Å². The maximum atomic E-state index is 12.3. The monoisotopic (exact) mass is 288 g/mol. The number of carbonyl (C=O) groups is 1. The SMILES string of the molecule is CC1CCCN(c2cnc(C(=O)N3CCCCC3)cn2)C1. The van der Waals surface area contributed by atoms with E-state index in [0.29, 0.717) is 11.6 Å². The maximum Gasteiger partial charge on any atom is 0.274 e. The summed E-state index contributed by atoms with van der Waals surface area (Å²) in [6.07, 6.45) is 9.32. The molecule has 2 aliphatic rings. The van der Waals surface area contributed by atoms with E-state index in [1.165, 1.54) is 19.3 Å². The van der Waals surface area contributed by atoms with Gasteiger partial charge in [0.15, 0.2) is 0 Å². The van der Waals surface area contributed by atoms with E-state index in [1.54, 1.807) is 12.4 Å². The lowest BCUT2D eigenvalue weighted by Gasteiger charge is -2.31. The molecule has 1 aromatic rings. The van der Waals surface area contributed by atoms with E-state index in [4.69, 9.17) is 0 Å². The smallest absolute Gasteiger partial charge is 0.274 e. The average molecular weight is 288 g/mol. The molecule has 0 aliphatic carbocycles. The highest BCUT2D eigenvalue weighted by atomic mass is 16.2. The van der Waals surface area contributed by atoms with E-state index in [9.17, 15) is 4.79 Å². The normalized spacial score (nSPS) is 23.2.